The standard InChI is InChI=1S/C46H74O6/c1-4-7-10-13-16-19-22-24-27-30-33-36-39-45(48)51-42-43(41-50-44(47)38-35-32-29-26-21-18-15-12-9-6-3)52-46(49)40-37-34-31-28-25-23-20-17-14-11-8-5-2/h7-8,10-11,15-20,24-25,27-28,43H,4-6,9,12-14,21-23,26,29-42H2,1-3H3/b10-7-,11-8-,18-15-,19-16-,20-17-,27-24-,28-25-. The first-order valence-corrected chi connectivity index (χ1v) is 20.6. The fourth-order valence-electron chi connectivity index (χ4n) is 5.04. The number of carbonyl (C=O) groups excluding carboxylic acids is 3. The van der Waals surface area contributed by atoms with Gasteiger partial charge in [0.15, 0.2) is 6.10 Å². The van der Waals surface area contributed by atoms with Gasteiger partial charge in [-0.05, 0) is 103 Å². The van der Waals surface area contributed by atoms with Crippen molar-refractivity contribution in [1.82, 2.24) is 0 Å². The zero-order valence-corrected chi connectivity index (χ0v) is 33.3. The molecule has 0 aliphatic rings. The molecule has 1 unspecified atom stereocenters. The zero-order chi connectivity index (χ0) is 38.0. The van der Waals surface area contributed by atoms with Gasteiger partial charge in [-0.15, -0.1) is 0 Å². The van der Waals surface area contributed by atoms with E-state index in [1.165, 1.54) is 12.8 Å². The summed E-state index contributed by atoms with van der Waals surface area (Å²) < 4.78 is 16.5. The molecule has 0 bridgehead atoms. The smallest absolute Gasteiger partial charge is 0.306 e. The lowest BCUT2D eigenvalue weighted by Gasteiger charge is -2.18. The van der Waals surface area contributed by atoms with Gasteiger partial charge in [0.25, 0.3) is 0 Å². The molecule has 0 aromatic heterocycles. The van der Waals surface area contributed by atoms with Crippen molar-refractivity contribution in [2.24, 2.45) is 0 Å². The Labute approximate surface area is 318 Å². The van der Waals surface area contributed by atoms with Gasteiger partial charge in [0.1, 0.15) is 13.2 Å². The topological polar surface area (TPSA) is 78.9 Å². The first kappa shape index (κ1) is 48.6. The van der Waals surface area contributed by atoms with Crippen LogP contribution >= 0.6 is 0 Å². The van der Waals surface area contributed by atoms with E-state index in [1.54, 1.807) is 0 Å². The maximum atomic E-state index is 12.6. The van der Waals surface area contributed by atoms with Gasteiger partial charge < -0.3 is 14.2 Å². The molecule has 6 heteroatoms. The number of allylic oxidation sites excluding steroid dienone is 14. The summed E-state index contributed by atoms with van der Waals surface area (Å²) in [5, 5.41) is 0. The molecule has 0 fully saturated rings. The highest BCUT2D eigenvalue weighted by Gasteiger charge is 2.19. The second-order valence-electron chi connectivity index (χ2n) is 13.1. The number of ether oxygens (including phenoxy) is 3. The molecule has 1 atom stereocenters. The Morgan fingerprint density at radius 3 is 1.21 bits per heavy atom. The van der Waals surface area contributed by atoms with Gasteiger partial charge in [0.2, 0.25) is 0 Å². The summed E-state index contributed by atoms with van der Waals surface area (Å²) in [6.07, 6.45) is 50.1. The Bertz CT molecular complexity index is 1060. The van der Waals surface area contributed by atoms with Gasteiger partial charge in [-0.2, -0.15) is 0 Å². The normalized spacial score (nSPS) is 12.9. The molecule has 294 valence electrons. The molecule has 6 nitrogen and oxygen atoms in total. The van der Waals surface area contributed by atoms with Gasteiger partial charge in [-0.25, -0.2) is 0 Å². The van der Waals surface area contributed by atoms with Crippen LogP contribution in [-0.2, 0) is 28.6 Å². The van der Waals surface area contributed by atoms with Crippen molar-refractivity contribution in [3.05, 3.63) is 85.1 Å². The average Bonchev–Trinajstić information content (AvgIpc) is 3.14. The molecule has 0 amide bonds. The first-order valence-electron chi connectivity index (χ1n) is 20.6. The van der Waals surface area contributed by atoms with Crippen molar-refractivity contribution in [3.63, 3.8) is 0 Å². The van der Waals surface area contributed by atoms with Gasteiger partial charge in [0, 0.05) is 19.3 Å². The lowest BCUT2D eigenvalue weighted by molar-refractivity contribution is -0.167. The molecule has 0 heterocycles. The summed E-state index contributed by atoms with van der Waals surface area (Å²) in [4.78, 5) is 37.5. The monoisotopic (exact) mass is 723 g/mol. The van der Waals surface area contributed by atoms with E-state index in [1.807, 2.05) is 0 Å². The third-order valence-electron chi connectivity index (χ3n) is 8.11. The molecule has 52 heavy (non-hydrogen) atoms. The highest BCUT2D eigenvalue weighted by atomic mass is 16.6. The van der Waals surface area contributed by atoms with E-state index in [-0.39, 0.29) is 37.5 Å². The molecule has 0 aromatic rings. The van der Waals surface area contributed by atoms with Crippen LogP contribution in [0.15, 0.2) is 85.1 Å². The number of rotatable bonds is 35. The lowest BCUT2D eigenvalue weighted by Crippen LogP contribution is -2.30. The van der Waals surface area contributed by atoms with E-state index >= 15 is 0 Å². The van der Waals surface area contributed by atoms with E-state index in [4.69, 9.17) is 14.2 Å². The maximum absolute atomic E-state index is 12.6. The third-order valence-corrected chi connectivity index (χ3v) is 8.11. The van der Waals surface area contributed by atoms with Gasteiger partial charge in [-0.3, -0.25) is 14.4 Å². The molecule has 0 aromatic carbocycles. The zero-order valence-electron chi connectivity index (χ0n) is 33.3. The SMILES string of the molecule is CC/C=C\C/C=C\C/C=C\CCCCC(=O)OCC(COC(=O)CCCCCC/C=C\CCCC)OC(=O)CCCC/C=C\C/C=C\C/C=C\CC. The second kappa shape index (κ2) is 40.4. The van der Waals surface area contributed by atoms with Crippen molar-refractivity contribution in [2.45, 2.75) is 175 Å². The second-order valence-corrected chi connectivity index (χ2v) is 13.1. The van der Waals surface area contributed by atoms with Crippen LogP contribution in [0.2, 0.25) is 0 Å². The predicted molar refractivity (Wildman–Crippen MR) is 219 cm³/mol. The quantitative estimate of drug-likeness (QED) is 0.0280. The Kier molecular flexibility index (Phi) is 37.7. The summed E-state index contributed by atoms with van der Waals surface area (Å²) in [7, 11) is 0. The lowest BCUT2D eigenvalue weighted by atomic mass is 10.1. The summed E-state index contributed by atoms with van der Waals surface area (Å²) in [6.45, 7) is 6.24. The van der Waals surface area contributed by atoms with Crippen molar-refractivity contribution < 1.29 is 28.6 Å². The van der Waals surface area contributed by atoms with E-state index in [2.05, 4.69) is 106 Å². The molecule has 0 aliphatic heterocycles. The van der Waals surface area contributed by atoms with E-state index in [0.29, 0.717) is 19.3 Å². The van der Waals surface area contributed by atoms with Crippen molar-refractivity contribution in [2.75, 3.05) is 13.2 Å². The number of esters is 3. The fraction of sp³-hybridized carbons (Fsp3) is 0.630. The minimum absolute atomic E-state index is 0.112. The van der Waals surface area contributed by atoms with Crippen LogP contribution in [0.3, 0.4) is 0 Å². The van der Waals surface area contributed by atoms with Crippen molar-refractivity contribution in [1.29, 1.82) is 0 Å². The summed E-state index contributed by atoms with van der Waals surface area (Å²) in [5.41, 5.74) is 0. The number of carbonyl (C=O) groups is 3. The van der Waals surface area contributed by atoms with Crippen LogP contribution in [0.4, 0.5) is 0 Å². The largest absolute Gasteiger partial charge is 0.462 e. The Balaban J connectivity index is 4.54. The first-order chi connectivity index (χ1) is 25.5. The number of hydrogen-bond acceptors (Lipinski definition) is 6. The Morgan fingerprint density at radius 2 is 0.750 bits per heavy atom. The van der Waals surface area contributed by atoms with Crippen molar-refractivity contribution in [3.8, 4) is 0 Å². The summed E-state index contributed by atoms with van der Waals surface area (Å²) >= 11 is 0. The molecule has 0 radical (unpaired) electrons. The molecular weight excluding hydrogens is 648 g/mol. The summed E-state index contributed by atoms with van der Waals surface area (Å²) in [5.74, 6) is -1.02. The minimum atomic E-state index is -0.813. The Morgan fingerprint density at radius 1 is 0.404 bits per heavy atom. The molecular formula is C46H74O6. The molecule has 0 saturated heterocycles. The minimum Gasteiger partial charge on any atom is -0.462 e. The van der Waals surface area contributed by atoms with Crippen LogP contribution in [0.25, 0.3) is 0 Å². The van der Waals surface area contributed by atoms with E-state index in [9.17, 15) is 14.4 Å². The van der Waals surface area contributed by atoms with Crippen LogP contribution in [0.5, 0.6) is 0 Å². The van der Waals surface area contributed by atoms with Gasteiger partial charge >= 0.3 is 17.9 Å². The molecule has 0 N–H and O–H groups in total. The highest BCUT2D eigenvalue weighted by molar-refractivity contribution is 5.71. The van der Waals surface area contributed by atoms with Crippen LogP contribution in [0.1, 0.15) is 168 Å². The number of hydrogen-bond donors (Lipinski definition) is 0. The molecule has 0 spiro atoms. The molecule has 0 rings (SSSR count). The van der Waals surface area contributed by atoms with E-state index < -0.39 is 6.10 Å². The maximum Gasteiger partial charge on any atom is 0.306 e. The van der Waals surface area contributed by atoms with Crippen LogP contribution < -0.4 is 0 Å². The summed E-state index contributed by atoms with van der Waals surface area (Å²) in [6, 6.07) is 0. The van der Waals surface area contributed by atoms with Crippen molar-refractivity contribution >= 4 is 17.9 Å². The molecule has 0 saturated carbocycles. The number of unbranched alkanes of at least 4 members (excludes halogenated alkanes) is 10. The predicted octanol–water partition coefficient (Wildman–Crippen LogP) is 12.9. The third kappa shape index (κ3) is 37.8. The molecule has 0 aliphatic carbocycles. The van der Waals surface area contributed by atoms with Crippen LogP contribution in [-0.4, -0.2) is 37.2 Å². The van der Waals surface area contributed by atoms with Crippen LogP contribution in [0, 0.1) is 0 Å². The highest BCUT2D eigenvalue weighted by Crippen LogP contribution is 2.10. The average molecular weight is 723 g/mol. The van der Waals surface area contributed by atoms with Gasteiger partial charge in [-0.1, -0.05) is 132 Å². The van der Waals surface area contributed by atoms with Gasteiger partial charge in [0.05, 0.1) is 0 Å². The van der Waals surface area contributed by atoms with E-state index in [0.717, 1.165) is 109 Å². The Hall–Kier alpha value is -3.41. The fourth-order valence-corrected chi connectivity index (χ4v) is 5.04.